The first kappa shape index (κ1) is 13.1. The number of nitriles is 1. The van der Waals surface area contributed by atoms with Crippen molar-refractivity contribution in [1.29, 1.82) is 5.26 Å². The molecule has 1 N–H and O–H groups in total. The van der Waals surface area contributed by atoms with Crippen LogP contribution in [-0.4, -0.2) is 4.98 Å². The summed E-state index contributed by atoms with van der Waals surface area (Å²) in [4.78, 5) is 4.18. The van der Waals surface area contributed by atoms with Gasteiger partial charge < -0.3 is 5.32 Å². The van der Waals surface area contributed by atoms with Crippen LogP contribution in [0.15, 0.2) is 30.5 Å². The molecule has 0 unspecified atom stereocenters. The summed E-state index contributed by atoms with van der Waals surface area (Å²) in [5.74, 6) is 0.528. The molecule has 2 aromatic rings. The molecule has 0 saturated heterocycles. The maximum absolute atomic E-state index is 9.13. The standard InChI is InChI=1S/C13H9ClIN3/c1-8-4-5-17-13(10(8)7-16)18-12-3-2-9(15)6-11(12)14/h2-6H,1H3,(H,17,18). The van der Waals surface area contributed by atoms with E-state index in [0.717, 1.165) is 14.8 Å². The monoisotopic (exact) mass is 369 g/mol. The maximum Gasteiger partial charge on any atom is 0.148 e. The Balaban J connectivity index is 2.41. The van der Waals surface area contributed by atoms with E-state index in [1.807, 2.05) is 25.1 Å². The number of hydrogen-bond acceptors (Lipinski definition) is 3. The molecule has 0 aliphatic rings. The molecule has 0 saturated carbocycles. The molecule has 5 heteroatoms. The minimum atomic E-state index is 0.528. The van der Waals surface area contributed by atoms with Crippen LogP contribution in [0.5, 0.6) is 0 Å². The van der Waals surface area contributed by atoms with Crippen LogP contribution in [0.1, 0.15) is 11.1 Å². The summed E-state index contributed by atoms with van der Waals surface area (Å²) < 4.78 is 1.06. The molecule has 1 aromatic carbocycles. The smallest absolute Gasteiger partial charge is 0.148 e. The molecule has 0 spiro atoms. The highest BCUT2D eigenvalue weighted by molar-refractivity contribution is 14.1. The third kappa shape index (κ3) is 2.74. The molecule has 0 radical (unpaired) electrons. The number of benzene rings is 1. The van der Waals surface area contributed by atoms with Crippen LogP contribution in [0.2, 0.25) is 5.02 Å². The van der Waals surface area contributed by atoms with Gasteiger partial charge in [0.05, 0.1) is 16.3 Å². The second kappa shape index (κ2) is 5.55. The number of rotatable bonds is 2. The predicted molar refractivity (Wildman–Crippen MR) is 81.1 cm³/mol. The van der Waals surface area contributed by atoms with Gasteiger partial charge >= 0.3 is 0 Å². The number of pyridine rings is 1. The van der Waals surface area contributed by atoms with E-state index in [9.17, 15) is 0 Å². The van der Waals surface area contributed by atoms with Crippen LogP contribution in [-0.2, 0) is 0 Å². The number of nitrogens with one attached hydrogen (secondary N) is 1. The lowest BCUT2D eigenvalue weighted by Gasteiger charge is -2.10. The molecule has 2 rings (SSSR count). The van der Waals surface area contributed by atoms with Crippen molar-refractivity contribution in [3.8, 4) is 6.07 Å². The van der Waals surface area contributed by atoms with Gasteiger partial charge in [-0.25, -0.2) is 4.98 Å². The second-order valence-electron chi connectivity index (χ2n) is 3.71. The normalized spacial score (nSPS) is 9.89. The van der Waals surface area contributed by atoms with E-state index in [4.69, 9.17) is 16.9 Å². The molecular weight excluding hydrogens is 361 g/mol. The van der Waals surface area contributed by atoms with Gasteiger partial charge in [0, 0.05) is 9.77 Å². The molecule has 0 bridgehead atoms. The Hall–Kier alpha value is -1.32. The molecule has 1 heterocycles. The molecule has 90 valence electrons. The third-order valence-corrected chi connectivity index (χ3v) is 3.44. The van der Waals surface area contributed by atoms with Crippen LogP contribution in [0.25, 0.3) is 0 Å². The highest BCUT2D eigenvalue weighted by atomic mass is 127. The van der Waals surface area contributed by atoms with E-state index in [1.54, 1.807) is 12.3 Å². The summed E-state index contributed by atoms with van der Waals surface area (Å²) in [6.45, 7) is 1.88. The number of halogens is 2. The first-order chi connectivity index (χ1) is 8.61. The van der Waals surface area contributed by atoms with Crippen molar-refractivity contribution in [2.45, 2.75) is 6.92 Å². The summed E-state index contributed by atoms with van der Waals surface area (Å²) in [5.41, 5.74) is 2.16. The first-order valence-electron chi connectivity index (χ1n) is 5.19. The van der Waals surface area contributed by atoms with Crippen molar-refractivity contribution >= 4 is 45.7 Å². The molecule has 1 aromatic heterocycles. The highest BCUT2D eigenvalue weighted by Gasteiger charge is 2.08. The van der Waals surface area contributed by atoms with Crippen LogP contribution >= 0.6 is 34.2 Å². The lowest BCUT2D eigenvalue weighted by atomic mass is 10.1. The topological polar surface area (TPSA) is 48.7 Å². The van der Waals surface area contributed by atoms with Crippen molar-refractivity contribution in [3.63, 3.8) is 0 Å². The first-order valence-corrected chi connectivity index (χ1v) is 6.65. The minimum absolute atomic E-state index is 0.528. The van der Waals surface area contributed by atoms with Gasteiger partial charge in [-0.2, -0.15) is 5.26 Å². The maximum atomic E-state index is 9.13. The van der Waals surface area contributed by atoms with Gasteiger partial charge in [0.15, 0.2) is 0 Å². The molecule has 0 atom stereocenters. The second-order valence-corrected chi connectivity index (χ2v) is 5.37. The number of aryl methyl sites for hydroxylation is 1. The van der Waals surface area contributed by atoms with Gasteiger partial charge in [-0.3, -0.25) is 0 Å². The largest absolute Gasteiger partial charge is 0.338 e. The molecular formula is C13H9ClIN3. The zero-order valence-electron chi connectivity index (χ0n) is 9.54. The molecule has 0 aliphatic heterocycles. The predicted octanol–water partition coefficient (Wildman–Crippen LogP) is 4.26. The summed E-state index contributed by atoms with van der Waals surface area (Å²) in [6, 6.07) is 9.62. The number of hydrogen-bond donors (Lipinski definition) is 1. The number of anilines is 2. The third-order valence-electron chi connectivity index (χ3n) is 2.46. The van der Waals surface area contributed by atoms with Crippen molar-refractivity contribution in [1.82, 2.24) is 4.98 Å². The van der Waals surface area contributed by atoms with E-state index < -0.39 is 0 Å². The number of aromatic nitrogens is 1. The van der Waals surface area contributed by atoms with Gasteiger partial charge in [0.1, 0.15) is 11.9 Å². The van der Waals surface area contributed by atoms with Gasteiger partial charge in [-0.15, -0.1) is 0 Å². The molecule has 0 fully saturated rings. The Kier molecular flexibility index (Phi) is 4.04. The molecule has 0 amide bonds. The fourth-order valence-electron chi connectivity index (χ4n) is 1.51. The van der Waals surface area contributed by atoms with Crippen molar-refractivity contribution < 1.29 is 0 Å². The Morgan fingerprint density at radius 3 is 2.83 bits per heavy atom. The summed E-state index contributed by atoms with van der Waals surface area (Å²) >= 11 is 8.33. The van der Waals surface area contributed by atoms with E-state index in [1.165, 1.54) is 0 Å². The van der Waals surface area contributed by atoms with Crippen LogP contribution in [0.4, 0.5) is 11.5 Å². The molecule has 18 heavy (non-hydrogen) atoms. The lowest BCUT2D eigenvalue weighted by Crippen LogP contribution is -1.99. The zero-order chi connectivity index (χ0) is 13.1. The Labute approximate surface area is 124 Å². The average Bonchev–Trinajstić information content (AvgIpc) is 2.33. The fraction of sp³-hybridized carbons (Fsp3) is 0.0769. The average molecular weight is 370 g/mol. The van der Waals surface area contributed by atoms with E-state index >= 15 is 0 Å². The van der Waals surface area contributed by atoms with Gasteiger partial charge in [-0.05, 0) is 59.3 Å². The van der Waals surface area contributed by atoms with Gasteiger partial charge in [0.2, 0.25) is 0 Å². The van der Waals surface area contributed by atoms with E-state index in [2.05, 4.69) is 39.0 Å². The Morgan fingerprint density at radius 2 is 2.17 bits per heavy atom. The Morgan fingerprint density at radius 1 is 1.39 bits per heavy atom. The van der Waals surface area contributed by atoms with Crippen LogP contribution < -0.4 is 5.32 Å². The number of nitrogens with zero attached hydrogens (tertiary/aromatic N) is 2. The highest BCUT2D eigenvalue weighted by Crippen LogP contribution is 2.28. The SMILES string of the molecule is Cc1ccnc(Nc2ccc(I)cc2Cl)c1C#N. The van der Waals surface area contributed by atoms with Crippen LogP contribution in [0, 0.1) is 21.8 Å². The van der Waals surface area contributed by atoms with E-state index in [0.29, 0.717) is 16.4 Å². The quantitative estimate of drug-likeness (QED) is 0.805. The van der Waals surface area contributed by atoms with Crippen LogP contribution in [0.3, 0.4) is 0 Å². The minimum Gasteiger partial charge on any atom is -0.338 e. The molecule has 0 aliphatic carbocycles. The van der Waals surface area contributed by atoms with Crippen molar-refractivity contribution in [2.24, 2.45) is 0 Å². The summed E-state index contributed by atoms with van der Waals surface area (Å²) in [6.07, 6.45) is 1.67. The molecule has 3 nitrogen and oxygen atoms in total. The van der Waals surface area contributed by atoms with Crippen molar-refractivity contribution in [3.05, 3.63) is 50.2 Å². The fourth-order valence-corrected chi connectivity index (χ4v) is 2.42. The summed E-state index contributed by atoms with van der Waals surface area (Å²) in [7, 11) is 0. The van der Waals surface area contributed by atoms with Gasteiger partial charge in [-0.1, -0.05) is 11.6 Å². The zero-order valence-corrected chi connectivity index (χ0v) is 12.5. The van der Waals surface area contributed by atoms with Gasteiger partial charge in [0.25, 0.3) is 0 Å². The summed E-state index contributed by atoms with van der Waals surface area (Å²) in [5, 5.41) is 12.8. The lowest BCUT2D eigenvalue weighted by molar-refractivity contribution is 1.24. The Bertz CT molecular complexity index is 635. The van der Waals surface area contributed by atoms with E-state index in [-0.39, 0.29) is 0 Å². The van der Waals surface area contributed by atoms with Crippen molar-refractivity contribution in [2.75, 3.05) is 5.32 Å².